The largest absolute Gasteiger partial charge is 0.486 e. The van der Waals surface area contributed by atoms with E-state index in [-0.39, 0.29) is 23.0 Å². The molecule has 1 N–H and O–H groups in total. The third-order valence-corrected chi connectivity index (χ3v) is 5.94. The van der Waals surface area contributed by atoms with Gasteiger partial charge in [0.25, 0.3) is 5.91 Å². The highest BCUT2D eigenvalue weighted by Gasteiger charge is 2.22. The van der Waals surface area contributed by atoms with Crippen LogP contribution in [0.15, 0.2) is 60.7 Å². The topological polar surface area (TPSA) is 90.9 Å². The van der Waals surface area contributed by atoms with Gasteiger partial charge in [0, 0.05) is 11.1 Å². The summed E-state index contributed by atoms with van der Waals surface area (Å²) in [5, 5.41) is 2.83. The summed E-state index contributed by atoms with van der Waals surface area (Å²) in [6, 6.07) is 17.0. The molecule has 0 fully saturated rings. The van der Waals surface area contributed by atoms with Gasteiger partial charge in [-0.25, -0.2) is 4.79 Å². The van der Waals surface area contributed by atoms with Crippen LogP contribution in [0.1, 0.15) is 55.9 Å². The quantitative estimate of drug-likeness (QED) is 0.406. The first kappa shape index (κ1) is 24.0. The van der Waals surface area contributed by atoms with E-state index in [9.17, 15) is 14.4 Å². The Balaban J connectivity index is 1.42. The maximum atomic E-state index is 13.2. The summed E-state index contributed by atoms with van der Waals surface area (Å²) in [5.41, 5.74) is 3.89. The molecular weight excluding hydrogens is 446 g/mol. The Morgan fingerprint density at radius 2 is 1.60 bits per heavy atom. The molecule has 1 atom stereocenters. The molecule has 1 aliphatic heterocycles. The Morgan fingerprint density at radius 1 is 0.886 bits per heavy atom. The number of hydrogen-bond acceptors (Lipinski definition) is 6. The zero-order chi connectivity index (χ0) is 24.9. The van der Waals surface area contributed by atoms with E-state index in [0.717, 1.165) is 11.1 Å². The molecule has 1 unspecified atom stereocenters. The van der Waals surface area contributed by atoms with Crippen LogP contribution in [0.3, 0.4) is 0 Å². The third-order valence-electron chi connectivity index (χ3n) is 5.94. The number of rotatable bonds is 7. The van der Waals surface area contributed by atoms with Gasteiger partial charge in [0.2, 0.25) is 0 Å². The number of aryl methyl sites for hydroxylation is 2. The van der Waals surface area contributed by atoms with Crippen LogP contribution >= 0.6 is 0 Å². The maximum Gasteiger partial charge on any atom is 0.339 e. The smallest absolute Gasteiger partial charge is 0.339 e. The molecule has 1 heterocycles. The third kappa shape index (κ3) is 5.51. The van der Waals surface area contributed by atoms with Crippen molar-refractivity contribution in [2.45, 2.75) is 26.8 Å². The van der Waals surface area contributed by atoms with Gasteiger partial charge in [-0.1, -0.05) is 36.4 Å². The first-order chi connectivity index (χ1) is 16.8. The summed E-state index contributed by atoms with van der Waals surface area (Å²) < 4.78 is 16.3. The highest BCUT2D eigenvalue weighted by molar-refractivity contribution is 6.14. The van der Waals surface area contributed by atoms with Crippen LogP contribution in [0.4, 0.5) is 0 Å². The molecule has 3 aromatic carbocycles. The number of benzene rings is 3. The van der Waals surface area contributed by atoms with Crippen molar-refractivity contribution in [1.82, 2.24) is 5.32 Å². The number of carbonyl (C=O) groups is 3. The van der Waals surface area contributed by atoms with Crippen LogP contribution in [0, 0.1) is 13.8 Å². The summed E-state index contributed by atoms with van der Waals surface area (Å²) in [6.45, 7) is 6.30. The molecule has 0 bridgehead atoms. The Labute approximate surface area is 204 Å². The first-order valence-corrected chi connectivity index (χ1v) is 11.4. The SMILES string of the molecule is Cc1ccc(C(C)NC(=O)COC(=O)c2ccccc2C(=O)c2ccc3c(c2)OCCO3)cc1C. The van der Waals surface area contributed by atoms with E-state index >= 15 is 0 Å². The average molecular weight is 474 g/mol. The van der Waals surface area contributed by atoms with E-state index in [1.165, 1.54) is 11.6 Å². The molecule has 1 amide bonds. The molecule has 180 valence electrons. The van der Waals surface area contributed by atoms with Gasteiger partial charge in [-0.3, -0.25) is 9.59 Å². The van der Waals surface area contributed by atoms with Crippen molar-refractivity contribution < 1.29 is 28.6 Å². The summed E-state index contributed by atoms with van der Waals surface area (Å²) in [5.74, 6) is -0.485. The summed E-state index contributed by atoms with van der Waals surface area (Å²) in [7, 11) is 0. The van der Waals surface area contributed by atoms with Crippen LogP contribution in [0.25, 0.3) is 0 Å². The van der Waals surface area contributed by atoms with Gasteiger partial charge in [-0.2, -0.15) is 0 Å². The molecule has 0 spiro atoms. The number of nitrogens with one attached hydrogen (secondary N) is 1. The molecule has 3 aromatic rings. The van der Waals surface area contributed by atoms with Gasteiger partial charge in [-0.05, 0) is 61.7 Å². The van der Waals surface area contributed by atoms with Gasteiger partial charge in [-0.15, -0.1) is 0 Å². The molecule has 35 heavy (non-hydrogen) atoms. The fourth-order valence-electron chi connectivity index (χ4n) is 3.81. The second-order valence-corrected chi connectivity index (χ2v) is 8.44. The van der Waals surface area contributed by atoms with E-state index < -0.39 is 18.5 Å². The Hall–Kier alpha value is -4.13. The normalized spacial score (nSPS) is 13.0. The standard InChI is InChI=1S/C28H27NO6/c1-17-8-9-20(14-18(17)2)19(3)29-26(30)16-35-28(32)23-7-5-4-6-22(23)27(31)21-10-11-24-25(15-21)34-13-12-33-24/h4-11,14-15,19H,12-13,16H2,1-3H3,(H,29,30). The highest BCUT2D eigenvalue weighted by atomic mass is 16.6. The van der Waals surface area contributed by atoms with Crippen molar-refractivity contribution in [1.29, 1.82) is 0 Å². The summed E-state index contributed by atoms with van der Waals surface area (Å²) >= 11 is 0. The Morgan fingerprint density at radius 3 is 2.34 bits per heavy atom. The number of amides is 1. The second kappa shape index (κ2) is 10.4. The molecule has 0 saturated carbocycles. The number of ketones is 1. The minimum atomic E-state index is -0.750. The lowest BCUT2D eigenvalue weighted by atomic mass is 9.98. The second-order valence-electron chi connectivity index (χ2n) is 8.44. The molecule has 0 saturated heterocycles. The fraction of sp³-hybridized carbons (Fsp3) is 0.250. The lowest BCUT2D eigenvalue weighted by molar-refractivity contribution is -0.124. The summed E-state index contributed by atoms with van der Waals surface area (Å²) in [6.07, 6.45) is 0. The Kier molecular flexibility index (Phi) is 7.15. The van der Waals surface area contributed by atoms with E-state index in [4.69, 9.17) is 14.2 Å². The van der Waals surface area contributed by atoms with Crippen molar-refractivity contribution in [3.05, 3.63) is 94.0 Å². The lowest BCUT2D eigenvalue weighted by Crippen LogP contribution is -2.31. The van der Waals surface area contributed by atoms with Gasteiger partial charge in [0.15, 0.2) is 23.9 Å². The molecule has 1 aliphatic rings. The maximum absolute atomic E-state index is 13.2. The minimum absolute atomic E-state index is 0.0856. The molecule has 4 rings (SSSR count). The molecule has 0 aliphatic carbocycles. The van der Waals surface area contributed by atoms with Crippen LogP contribution < -0.4 is 14.8 Å². The van der Waals surface area contributed by atoms with Gasteiger partial charge in [0.05, 0.1) is 11.6 Å². The molecule has 0 aromatic heterocycles. The predicted molar refractivity (Wildman–Crippen MR) is 130 cm³/mol. The number of ether oxygens (including phenoxy) is 3. The van der Waals surface area contributed by atoms with E-state index in [1.54, 1.807) is 36.4 Å². The zero-order valence-corrected chi connectivity index (χ0v) is 19.9. The van der Waals surface area contributed by atoms with Crippen molar-refractivity contribution in [3.63, 3.8) is 0 Å². The van der Waals surface area contributed by atoms with Crippen molar-refractivity contribution in [2.24, 2.45) is 0 Å². The lowest BCUT2D eigenvalue weighted by Gasteiger charge is -2.18. The molecule has 7 heteroatoms. The van der Waals surface area contributed by atoms with Gasteiger partial charge >= 0.3 is 5.97 Å². The van der Waals surface area contributed by atoms with Gasteiger partial charge in [0.1, 0.15) is 13.2 Å². The number of hydrogen-bond donors (Lipinski definition) is 1. The van der Waals surface area contributed by atoms with Crippen molar-refractivity contribution in [3.8, 4) is 11.5 Å². The summed E-state index contributed by atoms with van der Waals surface area (Å²) in [4.78, 5) is 38.4. The number of carbonyl (C=O) groups excluding carboxylic acids is 3. The van der Waals surface area contributed by atoms with Crippen LogP contribution in [-0.2, 0) is 9.53 Å². The van der Waals surface area contributed by atoms with Gasteiger partial charge < -0.3 is 19.5 Å². The minimum Gasteiger partial charge on any atom is -0.486 e. The monoisotopic (exact) mass is 473 g/mol. The average Bonchev–Trinajstić information content (AvgIpc) is 2.88. The van der Waals surface area contributed by atoms with E-state index in [2.05, 4.69) is 5.32 Å². The van der Waals surface area contributed by atoms with E-state index in [1.807, 2.05) is 39.0 Å². The molecule has 7 nitrogen and oxygen atoms in total. The fourth-order valence-corrected chi connectivity index (χ4v) is 3.81. The van der Waals surface area contributed by atoms with Crippen LogP contribution in [-0.4, -0.2) is 37.5 Å². The highest BCUT2D eigenvalue weighted by Crippen LogP contribution is 2.31. The van der Waals surface area contributed by atoms with Crippen LogP contribution in [0.2, 0.25) is 0 Å². The predicted octanol–water partition coefficient (Wildman–Crippen LogP) is 4.34. The van der Waals surface area contributed by atoms with Crippen molar-refractivity contribution in [2.75, 3.05) is 19.8 Å². The van der Waals surface area contributed by atoms with Crippen LogP contribution in [0.5, 0.6) is 11.5 Å². The zero-order valence-electron chi connectivity index (χ0n) is 19.9. The van der Waals surface area contributed by atoms with E-state index in [0.29, 0.717) is 30.3 Å². The van der Waals surface area contributed by atoms with Crippen molar-refractivity contribution >= 4 is 17.7 Å². The molecule has 0 radical (unpaired) electrons. The number of esters is 1. The Bertz CT molecular complexity index is 1280. The number of fused-ring (bicyclic) bond motifs is 1. The first-order valence-electron chi connectivity index (χ1n) is 11.4. The molecular formula is C28H27NO6.